The van der Waals surface area contributed by atoms with Gasteiger partial charge in [-0.05, 0) is 60.9 Å². The molecule has 36 heavy (non-hydrogen) atoms. The first kappa shape index (κ1) is 23.6. The molecule has 7 heteroatoms. The second-order valence-corrected chi connectivity index (χ2v) is 9.34. The number of aromatic nitrogens is 2. The highest BCUT2D eigenvalue weighted by Gasteiger charge is 2.31. The highest BCUT2D eigenvalue weighted by Crippen LogP contribution is 2.35. The number of allylic oxidation sites excluding steroid dienone is 1. The summed E-state index contributed by atoms with van der Waals surface area (Å²) in [5.41, 5.74) is 5.96. The Morgan fingerprint density at radius 2 is 2.00 bits per heavy atom. The summed E-state index contributed by atoms with van der Waals surface area (Å²) < 4.78 is 13.6. The van der Waals surface area contributed by atoms with Crippen LogP contribution in [0.3, 0.4) is 0 Å². The summed E-state index contributed by atoms with van der Waals surface area (Å²) >= 11 is 0. The highest BCUT2D eigenvalue weighted by atomic mass is 19.1. The summed E-state index contributed by atoms with van der Waals surface area (Å²) in [5.74, 6) is 3.24. The van der Waals surface area contributed by atoms with Crippen molar-refractivity contribution >= 4 is 23.5 Å². The average molecular weight is 482 g/mol. The van der Waals surface area contributed by atoms with Crippen LogP contribution >= 0.6 is 0 Å². The first-order valence-corrected chi connectivity index (χ1v) is 12.1. The van der Waals surface area contributed by atoms with Crippen LogP contribution in [0.2, 0.25) is 0 Å². The monoisotopic (exact) mass is 481 g/mol. The van der Waals surface area contributed by atoms with Crippen LogP contribution in [0.4, 0.5) is 15.0 Å². The standard InChI is InChI=1S/C29H28FN5O/c1-4-21-8-10-22(11-9-21)24-15-26-27(16-24)31-18-32-28(26)34-12-13-35(19(2)17-34)29(36)33-20(3)23-6-5-7-25(30)14-23/h1,5-11,14-15,18-20H,12-13,16-17H2,2-3H3,(H,33,36)/t19-,20+/m1/s1. The lowest BCUT2D eigenvalue weighted by Gasteiger charge is -2.41. The zero-order chi connectivity index (χ0) is 25.2. The van der Waals surface area contributed by atoms with Gasteiger partial charge in [-0.3, -0.25) is 0 Å². The maximum absolute atomic E-state index is 13.6. The molecule has 1 aliphatic carbocycles. The molecular weight excluding hydrogens is 453 g/mol. The number of amides is 2. The van der Waals surface area contributed by atoms with Gasteiger partial charge in [-0.25, -0.2) is 19.2 Å². The number of hydrogen-bond donors (Lipinski definition) is 1. The molecule has 5 rings (SSSR count). The molecule has 0 saturated carbocycles. The molecular formula is C29H28FN5O. The lowest BCUT2D eigenvalue weighted by atomic mass is 10.0. The molecule has 0 radical (unpaired) electrons. The number of nitrogens with one attached hydrogen (secondary N) is 1. The summed E-state index contributed by atoms with van der Waals surface area (Å²) in [6.07, 6.45) is 10.0. The first-order valence-electron chi connectivity index (χ1n) is 12.1. The van der Waals surface area contributed by atoms with E-state index in [4.69, 9.17) is 6.42 Å². The zero-order valence-electron chi connectivity index (χ0n) is 20.4. The van der Waals surface area contributed by atoms with Gasteiger partial charge in [0.2, 0.25) is 0 Å². The Hall–Kier alpha value is -4.18. The van der Waals surface area contributed by atoms with Gasteiger partial charge in [-0.15, -0.1) is 6.42 Å². The molecule has 0 bridgehead atoms. The summed E-state index contributed by atoms with van der Waals surface area (Å²) in [6, 6.07) is 13.9. The predicted molar refractivity (Wildman–Crippen MR) is 140 cm³/mol. The topological polar surface area (TPSA) is 61.4 Å². The third kappa shape index (κ3) is 4.67. The number of benzene rings is 2. The summed E-state index contributed by atoms with van der Waals surface area (Å²) in [7, 11) is 0. The molecule has 0 spiro atoms. The summed E-state index contributed by atoms with van der Waals surface area (Å²) in [5, 5.41) is 3.01. The number of hydrogen-bond acceptors (Lipinski definition) is 4. The van der Waals surface area contributed by atoms with E-state index in [1.807, 2.05) is 49.1 Å². The van der Waals surface area contributed by atoms with Crippen LogP contribution in [0.1, 0.15) is 47.8 Å². The quantitative estimate of drug-likeness (QED) is 0.550. The van der Waals surface area contributed by atoms with Crippen molar-refractivity contribution in [3.05, 3.63) is 88.6 Å². The van der Waals surface area contributed by atoms with Crippen LogP contribution in [0.25, 0.3) is 11.6 Å². The van der Waals surface area contributed by atoms with Crippen molar-refractivity contribution in [2.45, 2.75) is 32.4 Å². The molecule has 3 aromatic rings. The van der Waals surface area contributed by atoms with Crippen molar-refractivity contribution in [3.63, 3.8) is 0 Å². The lowest BCUT2D eigenvalue weighted by molar-refractivity contribution is 0.168. The SMILES string of the molecule is C#Cc1ccc(C2=Cc3c(ncnc3N3CCN(C(=O)N[C@@H](C)c4cccc(F)c4)[C@H](C)C3)C2)cc1. The fourth-order valence-electron chi connectivity index (χ4n) is 4.91. The van der Waals surface area contributed by atoms with Crippen LogP contribution in [0, 0.1) is 18.2 Å². The van der Waals surface area contributed by atoms with Crippen molar-refractivity contribution in [1.82, 2.24) is 20.2 Å². The minimum absolute atomic E-state index is 0.0229. The molecule has 2 amide bonds. The van der Waals surface area contributed by atoms with E-state index in [0.717, 1.165) is 40.2 Å². The molecule has 6 nitrogen and oxygen atoms in total. The highest BCUT2D eigenvalue weighted by molar-refractivity contribution is 5.91. The molecule has 1 aliphatic heterocycles. The van der Waals surface area contributed by atoms with E-state index in [-0.39, 0.29) is 23.9 Å². The van der Waals surface area contributed by atoms with Gasteiger partial charge in [0.25, 0.3) is 0 Å². The lowest BCUT2D eigenvalue weighted by Crippen LogP contribution is -2.57. The number of halogens is 1. The van der Waals surface area contributed by atoms with E-state index in [2.05, 4.69) is 32.2 Å². The van der Waals surface area contributed by atoms with Crippen LogP contribution in [0.5, 0.6) is 0 Å². The normalized spacial score (nSPS) is 17.7. The summed E-state index contributed by atoms with van der Waals surface area (Å²) in [6.45, 7) is 5.78. The van der Waals surface area contributed by atoms with Crippen molar-refractivity contribution in [2.75, 3.05) is 24.5 Å². The minimum atomic E-state index is -0.310. The van der Waals surface area contributed by atoms with Gasteiger partial charge < -0.3 is 15.1 Å². The number of carbonyl (C=O) groups excluding carboxylic acids is 1. The second kappa shape index (κ2) is 9.82. The van der Waals surface area contributed by atoms with E-state index in [0.29, 0.717) is 19.6 Å². The Morgan fingerprint density at radius 1 is 1.19 bits per heavy atom. The largest absolute Gasteiger partial charge is 0.352 e. The number of carbonyl (C=O) groups is 1. The van der Waals surface area contributed by atoms with Gasteiger partial charge in [0.15, 0.2) is 0 Å². The van der Waals surface area contributed by atoms with E-state index in [9.17, 15) is 9.18 Å². The van der Waals surface area contributed by atoms with Gasteiger partial charge >= 0.3 is 6.03 Å². The van der Waals surface area contributed by atoms with Gasteiger partial charge in [0.1, 0.15) is 18.0 Å². The molecule has 2 aliphatic rings. The summed E-state index contributed by atoms with van der Waals surface area (Å²) in [4.78, 5) is 26.2. The molecule has 2 heterocycles. The van der Waals surface area contributed by atoms with Crippen LogP contribution in [-0.2, 0) is 6.42 Å². The Balaban J connectivity index is 1.28. The fraction of sp³-hybridized carbons (Fsp3) is 0.276. The first-order chi connectivity index (χ1) is 17.4. The van der Waals surface area contributed by atoms with Crippen molar-refractivity contribution in [1.29, 1.82) is 0 Å². The van der Waals surface area contributed by atoms with E-state index >= 15 is 0 Å². The number of urea groups is 1. The number of anilines is 1. The van der Waals surface area contributed by atoms with E-state index in [1.165, 1.54) is 17.7 Å². The number of rotatable bonds is 4. The van der Waals surface area contributed by atoms with Crippen LogP contribution in [-0.4, -0.2) is 46.6 Å². The number of fused-ring (bicyclic) bond motifs is 1. The average Bonchev–Trinajstić information content (AvgIpc) is 3.33. The molecule has 1 N–H and O–H groups in total. The third-order valence-corrected chi connectivity index (χ3v) is 6.92. The molecule has 0 unspecified atom stereocenters. The van der Waals surface area contributed by atoms with Crippen molar-refractivity contribution in [2.24, 2.45) is 0 Å². The predicted octanol–water partition coefficient (Wildman–Crippen LogP) is 4.68. The number of piperazine rings is 1. The number of nitrogens with zero attached hydrogens (tertiary/aromatic N) is 4. The fourth-order valence-corrected chi connectivity index (χ4v) is 4.91. The molecule has 1 saturated heterocycles. The molecule has 1 fully saturated rings. The third-order valence-electron chi connectivity index (χ3n) is 6.92. The van der Waals surface area contributed by atoms with Gasteiger partial charge in [0.05, 0.1) is 11.7 Å². The second-order valence-electron chi connectivity index (χ2n) is 9.34. The van der Waals surface area contributed by atoms with Crippen LogP contribution < -0.4 is 10.2 Å². The molecule has 1 aromatic heterocycles. The van der Waals surface area contributed by atoms with E-state index in [1.54, 1.807) is 12.4 Å². The van der Waals surface area contributed by atoms with E-state index < -0.39 is 0 Å². The molecule has 182 valence electrons. The zero-order valence-corrected chi connectivity index (χ0v) is 20.4. The number of terminal acetylenes is 1. The smallest absolute Gasteiger partial charge is 0.318 e. The van der Waals surface area contributed by atoms with Gasteiger partial charge in [-0.2, -0.15) is 0 Å². The molecule has 2 aromatic carbocycles. The Morgan fingerprint density at radius 3 is 2.72 bits per heavy atom. The Kier molecular flexibility index (Phi) is 6.43. The maximum Gasteiger partial charge on any atom is 0.318 e. The molecule has 2 atom stereocenters. The van der Waals surface area contributed by atoms with Gasteiger partial charge in [-0.1, -0.05) is 30.2 Å². The maximum atomic E-state index is 13.6. The Labute approximate surface area is 210 Å². The van der Waals surface area contributed by atoms with Crippen LogP contribution in [0.15, 0.2) is 54.9 Å². The van der Waals surface area contributed by atoms with Crippen molar-refractivity contribution in [3.8, 4) is 12.3 Å². The van der Waals surface area contributed by atoms with Gasteiger partial charge in [0, 0.05) is 43.2 Å². The Bertz CT molecular complexity index is 1360. The van der Waals surface area contributed by atoms with Crippen molar-refractivity contribution < 1.29 is 9.18 Å². The minimum Gasteiger partial charge on any atom is -0.352 e.